The fourth-order valence-corrected chi connectivity index (χ4v) is 2.75. The van der Waals surface area contributed by atoms with Gasteiger partial charge in [-0.15, -0.1) is 11.6 Å². The Morgan fingerprint density at radius 2 is 2.06 bits per heavy atom. The third-order valence-corrected chi connectivity index (χ3v) is 4.82. The first-order valence-corrected chi connectivity index (χ1v) is 7.18. The predicted octanol–water partition coefficient (Wildman–Crippen LogP) is 0.259. The first-order chi connectivity index (χ1) is 7.33. The molecule has 1 N–H and O–H groups in total. The van der Waals surface area contributed by atoms with Crippen molar-refractivity contribution in [3.63, 3.8) is 0 Å². The number of nitrogens with one attached hydrogen (secondary N) is 1. The lowest BCUT2D eigenvalue weighted by atomic mass is 10.3. The number of hydrogen-bond acceptors (Lipinski definition) is 3. The van der Waals surface area contributed by atoms with Gasteiger partial charge in [0.05, 0.1) is 5.75 Å². The Morgan fingerprint density at radius 1 is 1.50 bits per heavy atom. The van der Waals surface area contributed by atoms with Crippen molar-refractivity contribution in [3.05, 3.63) is 0 Å². The Bertz CT molecular complexity index is 319. The fourth-order valence-electron chi connectivity index (χ4n) is 1.05. The van der Waals surface area contributed by atoms with Crippen LogP contribution in [0.5, 0.6) is 0 Å². The number of alkyl halides is 1. The number of rotatable bonds is 7. The molecule has 0 radical (unpaired) electrons. The summed E-state index contributed by atoms with van der Waals surface area (Å²) in [5.74, 6) is 0.0602. The van der Waals surface area contributed by atoms with Crippen LogP contribution in [0.3, 0.4) is 0 Å². The van der Waals surface area contributed by atoms with Gasteiger partial charge in [0.2, 0.25) is 15.9 Å². The average molecular weight is 271 g/mol. The van der Waals surface area contributed by atoms with Crippen LogP contribution in [-0.4, -0.2) is 50.9 Å². The maximum atomic E-state index is 11.7. The highest BCUT2D eigenvalue weighted by Gasteiger charge is 2.21. The van der Waals surface area contributed by atoms with E-state index in [2.05, 4.69) is 5.32 Å². The van der Waals surface area contributed by atoms with Gasteiger partial charge in [-0.1, -0.05) is 6.92 Å². The lowest BCUT2D eigenvalue weighted by molar-refractivity contribution is -0.120. The Morgan fingerprint density at radius 3 is 2.50 bits per heavy atom. The standard InChI is InChI=1S/C9H19ClN2O3S/c1-8(6-10)7-16(14,15)12(3)5-4-9(13)11-2/h8H,4-7H2,1-3H3,(H,11,13). The summed E-state index contributed by atoms with van der Waals surface area (Å²) in [6, 6.07) is 0. The molecule has 0 aliphatic rings. The zero-order chi connectivity index (χ0) is 12.8. The van der Waals surface area contributed by atoms with Crippen LogP contribution in [0.25, 0.3) is 0 Å². The Labute approximate surface area is 102 Å². The van der Waals surface area contributed by atoms with Crippen molar-refractivity contribution in [2.75, 3.05) is 32.3 Å². The second-order valence-corrected chi connectivity index (χ2v) is 6.21. The molecule has 16 heavy (non-hydrogen) atoms. The quantitative estimate of drug-likeness (QED) is 0.675. The largest absolute Gasteiger partial charge is 0.359 e. The van der Waals surface area contributed by atoms with Gasteiger partial charge in [-0.3, -0.25) is 4.79 Å². The normalized spacial score (nSPS) is 13.8. The number of nitrogens with zero attached hydrogens (tertiary/aromatic N) is 1. The van der Waals surface area contributed by atoms with Gasteiger partial charge in [-0.2, -0.15) is 0 Å². The van der Waals surface area contributed by atoms with E-state index >= 15 is 0 Å². The van der Waals surface area contributed by atoms with Crippen molar-refractivity contribution in [3.8, 4) is 0 Å². The van der Waals surface area contributed by atoms with Crippen molar-refractivity contribution < 1.29 is 13.2 Å². The molecular weight excluding hydrogens is 252 g/mol. The van der Waals surface area contributed by atoms with Crippen LogP contribution >= 0.6 is 11.6 Å². The molecule has 0 aromatic carbocycles. The van der Waals surface area contributed by atoms with Crippen LogP contribution in [0.4, 0.5) is 0 Å². The molecule has 0 aliphatic carbocycles. The van der Waals surface area contributed by atoms with E-state index in [-0.39, 0.29) is 30.5 Å². The summed E-state index contributed by atoms with van der Waals surface area (Å²) >= 11 is 5.57. The fraction of sp³-hybridized carbons (Fsp3) is 0.889. The lowest BCUT2D eigenvalue weighted by Gasteiger charge is -2.18. The van der Waals surface area contributed by atoms with Crippen molar-refractivity contribution >= 4 is 27.5 Å². The second kappa shape index (κ2) is 7.09. The van der Waals surface area contributed by atoms with Gasteiger partial charge in [0, 0.05) is 32.9 Å². The van der Waals surface area contributed by atoms with Gasteiger partial charge >= 0.3 is 0 Å². The molecule has 0 rings (SSSR count). The summed E-state index contributed by atoms with van der Waals surface area (Å²) in [4.78, 5) is 11.0. The van der Waals surface area contributed by atoms with Crippen molar-refractivity contribution in [1.29, 1.82) is 0 Å². The molecule has 0 fully saturated rings. The lowest BCUT2D eigenvalue weighted by Crippen LogP contribution is -2.34. The minimum absolute atomic E-state index is 0.0146. The molecule has 0 spiro atoms. The molecule has 5 nitrogen and oxygen atoms in total. The first kappa shape index (κ1) is 15.7. The Balaban J connectivity index is 4.25. The molecule has 0 aliphatic heterocycles. The molecule has 1 unspecified atom stereocenters. The zero-order valence-corrected chi connectivity index (χ0v) is 11.4. The minimum Gasteiger partial charge on any atom is -0.359 e. The third kappa shape index (κ3) is 5.67. The van der Waals surface area contributed by atoms with Crippen LogP contribution in [0.2, 0.25) is 0 Å². The topological polar surface area (TPSA) is 66.5 Å². The molecule has 0 saturated carbocycles. The molecule has 7 heteroatoms. The first-order valence-electron chi connectivity index (χ1n) is 5.04. The summed E-state index contributed by atoms with van der Waals surface area (Å²) in [7, 11) is -0.315. The predicted molar refractivity (Wildman–Crippen MR) is 65.0 cm³/mol. The van der Waals surface area contributed by atoms with Crippen LogP contribution in [-0.2, 0) is 14.8 Å². The molecule has 1 amide bonds. The van der Waals surface area contributed by atoms with Gasteiger partial charge in [0.25, 0.3) is 0 Å². The van der Waals surface area contributed by atoms with Crippen molar-refractivity contribution in [2.45, 2.75) is 13.3 Å². The minimum atomic E-state index is -3.31. The van der Waals surface area contributed by atoms with E-state index in [1.165, 1.54) is 18.4 Å². The molecule has 0 saturated heterocycles. The highest BCUT2D eigenvalue weighted by atomic mass is 35.5. The molecular formula is C9H19ClN2O3S. The Hall–Kier alpha value is -0.330. The summed E-state index contributed by atoms with van der Waals surface area (Å²) in [5.41, 5.74) is 0. The van der Waals surface area contributed by atoms with Gasteiger partial charge < -0.3 is 5.32 Å². The third-order valence-electron chi connectivity index (χ3n) is 2.17. The van der Waals surface area contributed by atoms with Crippen molar-refractivity contribution in [2.24, 2.45) is 5.92 Å². The molecule has 1 atom stereocenters. The maximum Gasteiger partial charge on any atom is 0.221 e. The number of sulfonamides is 1. The van der Waals surface area contributed by atoms with Gasteiger partial charge in [0.15, 0.2) is 0 Å². The zero-order valence-electron chi connectivity index (χ0n) is 9.86. The van der Waals surface area contributed by atoms with E-state index in [1.54, 1.807) is 6.92 Å². The van der Waals surface area contributed by atoms with Crippen LogP contribution in [0.15, 0.2) is 0 Å². The van der Waals surface area contributed by atoms with Crippen LogP contribution in [0, 0.1) is 5.92 Å². The number of hydrogen-bond donors (Lipinski definition) is 1. The number of carbonyl (C=O) groups is 1. The van der Waals surface area contributed by atoms with E-state index < -0.39 is 10.0 Å². The number of carbonyl (C=O) groups excluding carboxylic acids is 1. The average Bonchev–Trinajstić information content (AvgIpc) is 2.24. The van der Waals surface area contributed by atoms with Crippen LogP contribution in [0.1, 0.15) is 13.3 Å². The summed E-state index contributed by atoms with van der Waals surface area (Å²) < 4.78 is 24.7. The smallest absolute Gasteiger partial charge is 0.221 e. The van der Waals surface area contributed by atoms with E-state index in [4.69, 9.17) is 11.6 Å². The molecule has 0 aromatic rings. The van der Waals surface area contributed by atoms with E-state index in [1.807, 2.05) is 0 Å². The summed E-state index contributed by atoms with van der Waals surface area (Å²) in [6.45, 7) is 1.97. The van der Waals surface area contributed by atoms with E-state index in [9.17, 15) is 13.2 Å². The van der Waals surface area contributed by atoms with Gasteiger partial charge in [-0.05, 0) is 5.92 Å². The monoisotopic (exact) mass is 270 g/mol. The SMILES string of the molecule is CNC(=O)CCN(C)S(=O)(=O)CC(C)CCl. The number of halogens is 1. The summed E-state index contributed by atoms with van der Waals surface area (Å²) in [6.07, 6.45) is 0.168. The molecule has 96 valence electrons. The van der Waals surface area contributed by atoms with Gasteiger partial charge in [-0.25, -0.2) is 12.7 Å². The molecule has 0 aromatic heterocycles. The number of amides is 1. The highest BCUT2D eigenvalue weighted by Crippen LogP contribution is 2.07. The highest BCUT2D eigenvalue weighted by molar-refractivity contribution is 7.89. The molecule has 0 heterocycles. The molecule has 0 bridgehead atoms. The maximum absolute atomic E-state index is 11.7. The summed E-state index contributed by atoms with van der Waals surface area (Å²) in [5, 5.41) is 2.44. The van der Waals surface area contributed by atoms with E-state index in [0.717, 1.165) is 0 Å². The van der Waals surface area contributed by atoms with Crippen LogP contribution < -0.4 is 5.32 Å². The van der Waals surface area contributed by atoms with E-state index in [0.29, 0.717) is 5.88 Å². The Kier molecular flexibility index (Phi) is 6.94. The van der Waals surface area contributed by atoms with Gasteiger partial charge in [0.1, 0.15) is 0 Å². The second-order valence-electron chi connectivity index (χ2n) is 3.78. The van der Waals surface area contributed by atoms with Crippen molar-refractivity contribution in [1.82, 2.24) is 9.62 Å².